The summed E-state index contributed by atoms with van der Waals surface area (Å²) in [6.45, 7) is 1.61. The van der Waals surface area contributed by atoms with Crippen LogP contribution in [0.4, 0.5) is 13.2 Å². The summed E-state index contributed by atoms with van der Waals surface area (Å²) in [6.07, 6.45) is -2.61. The lowest BCUT2D eigenvalue weighted by molar-refractivity contribution is -0.175. The normalized spacial score (nSPS) is 24.6. The Morgan fingerprint density at radius 1 is 1.47 bits per heavy atom. The third-order valence-corrected chi connectivity index (χ3v) is 3.30. The number of nitrogens with zero attached hydrogens (tertiary/aromatic N) is 1. The zero-order chi connectivity index (χ0) is 14.5. The molecule has 2 unspecified atom stereocenters. The zero-order valence-corrected chi connectivity index (χ0v) is 11.1. The monoisotopic (exact) mass is 282 g/mol. The third-order valence-electron chi connectivity index (χ3n) is 3.30. The van der Waals surface area contributed by atoms with Gasteiger partial charge in [-0.3, -0.25) is 4.79 Å². The number of rotatable bonds is 5. The summed E-state index contributed by atoms with van der Waals surface area (Å²) in [7, 11) is 0. The fourth-order valence-corrected chi connectivity index (χ4v) is 2.29. The molecule has 1 heterocycles. The highest BCUT2D eigenvalue weighted by molar-refractivity contribution is 5.76. The van der Waals surface area contributed by atoms with Gasteiger partial charge in [0.15, 0.2) is 0 Å². The first kappa shape index (κ1) is 16.2. The van der Waals surface area contributed by atoms with E-state index < -0.39 is 12.8 Å². The summed E-state index contributed by atoms with van der Waals surface area (Å²) in [6, 6.07) is -0.00105. The lowest BCUT2D eigenvalue weighted by Crippen LogP contribution is -2.49. The molecule has 1 amide bonds. The van der Waals surface area contributed by atoms with E-state index >= 15 is 0 Å². The van der Waals surface area contributed by atoms with E-state index in [2.05, 4.69) is 11.7 Å². The number of carbonyl (C=O) groups is 1. The van der Waals surface area contributed by atoms with E-state index in [0.717, 1.165) is 12.8 Å². The van der Waals surface area contributed by atoms with E-state index in [-0.39, 0.29) is 25.0 Å². The number of hydrogen-bond acceptors (Lipinski definition) is 3. The summed E-state index contributed by atoms with van der Waals surface area (Å²) in [5, 5.41) is 0. The first-order valence-electron chi connectivity index (χ1n) is 6.47. The maximum atomic E-state index is 11.9. The van der Waals surface area contributed by atoms with Crippen molar-refractivity contribution >= 4 is 5.91 Å². The van der Waals surface area contributed by atoms with Gasteiger partial charge in [-0.2, -0.15) is 13.2 Å². The second-order valence-electron chi connectivity index (χ2n) is 5.02. The van der Waals surface area contributed by atoms with Gasteiger partial charge in [0.2, 0.25) is 5.91 Å². The molecule has 0 saturated carbocycles. The van der Waals surface area contributed by atoms with Gasteiger partial charge in [0.1, 0.15) is 6.61 Å². The van der Waals surface area contributed by atoms with Crippen molar-refractivity contribution in [2.24, 2.45) is 11.7 Å². The Balaban J connectivity index is 2.32. The van der Waals surface area contributed by atoms with E-state index in [4.69, 9.17) is 5.73 Å². The first-order chi connectivity index (χ1) is 8.83. The zero-order valence-electron chi connectivity index (χ0n) is 11.1. The van der Waals surface area contributed by atoms with Crippen LogP contribution < -0.4 is 5.73 Å². The summed E-state index contributed by atoms with van der Waals surface area (Å²) < 4.78 is 40.0. The van der Waals surface area contributed by atoms with Crippen molar-refractivity contribution in [3.63, 3.8) is 0 Å². The van der Waals surface area contributed by atoms with Gasteiger partial charge in [0.05, 0.1) is 13.0 Å². The maximum absolute atomic E-state index is 11.9. The molecule has 0 spiro atoms. The smallest absolute Gasteiger partial charge is 0.372 e. The van der Waals surface area contributed by atoms with Crippen LogP contribution in [0.1, 0.15) is 26.2 Å². The lowest BCUT2D eigenvalue weighted by atomic mass is 9.92. The van der Waals surface area contributed by atoms with Crippen molar-refractivity contribution in [3.05, 3.63) is 0 Å². The van der Waals surface area contributed by atoms with Crippen LogP contribution in [0.2, 0.25) is 0 Å². The molecule has 7 heteroatoms. The van der Waals surface area contributed by atoms with Gasteiger partial charge < -0.3 is 15.4 Å². The number of alkyl halides is 3. The minimum absolute atomic E-state index is 0.00105. The molecule has 1 fully saturated rings. The van der Waals surface area contributed by atoms with Crippen LogP contribution in [0.5, 0.6) is 0 Å². The van der Waals surface area contributed by atoms with Crippen LogP contribution >= 0.6 is 0 Å². The molecule has 0 bridgehead atoms. The molecular weight excluding hydrogens is 261 g/mol. The second kappa shape index (κ2) is 7.09. The van der Waals surface area contributed by atoms with Crippen molar-refractivity contribution < 1.29 is 22.7 Å². The van der Waals surface area contributed by atoms with Gasteiger partial charge in [-0.25, -0.2) is 0 Å². The van der Waals surface area contributed by atoms with E-state index in [1.165, 1.54) is 0 Å². The van der Waals surface area contributed by atoms with Crippen LogP contribution in [-0.4, -0.2) is 49.3 Å². The molecule has 0 aromatic heterocycles. The molecule has 2 atom stereocenters. The SMILES string of the molecule is CC1CCN(C(=O)CCOCC(F)(F)F)C(CN)C1. The molecule has 19 heavy (non-hydrogen) atoms. The Bertz CT molecular complexity index is 297. The maximum Gasteiger partial charge on any atom is 0.411 e. The molecule has 2 N–H and O–H groups in total. The summed E-state index contributed by atoms with van der Waals surface area (Å²) in [4.78, 5) is 13.6. The number of likely N-dealkylation sites (tertiary alicyclic amines) is 1. The van der Waals surface area contributed by atoms with Gasteiger partial charge in [0, 0.05) is 19.1 Å². The van der Waals surface area contributed by atoms with Crippen LogP contribution in [-0.2, 0) is 9.53 Å². The molecule has 0 aliphatic carbocycles. The predicted molar refractivity (Wildman–Crippen MR) is 64.4 cm³/mol. The summed E-state index contributed by atoms with van der Waals surface area (Å²) in [5.41, 5.74) is 5.63. The van der Waals surface area contributed by atoms with Crippen LogP contribution in [0.15, 0.2) is 0 Å². The average molecular weight is 282 g/mol. The fraction of sp³-hybridized carbons (Fsp3) is 0.917. The highest BCUT2D eigenvalue weighted by Crippen LogP contribution is 2.22. The molecule has 0 aromatic carbocycles. The number of piperidine rings is 1. The topological polar surface area (TPSA) is 55.6 Å². The minimum Gasteiger partial charge on any atom is -0.372 e. The van der Waals surface area contributed by atoms with E-state index in [0.29, 0.717) is 19.0 Å². The number of nitrogens with two attached hydrogens (primary N) is 1. The fourth-order valence-electron chi connectivity index (χ4n) is 2.29. The van der Waals surface area contributed by atoms with Gasteiger partial charge in [-0.05, 0) is 18.8 Å². The van der Waals surface area contributed by atoms with Gasteiger partial charge >= 0.3 is 6.18 Å². The average Bonchev–Trinajstić information content (AvgIpc) is 2.33. The predicted octanol–water partition coefficient (Wildman–Crippen LogP) is 1.54. The van der Waals surface area contributed by atoms with Gasteiger partial charge in [0.25, 0.3) is 0 Å². The van der Waals surface area contributed by atoms with E-state index in [9.17, 15) is 18.0 Å². The number of halogens is 3. The van der Waals surface area contributed by atoms with Gasteiger partial charge in [-0.15, -0.1) is 0 Å². The van der Waals surface area contributed by atoms with E-state index in [1.54, 1.807) is 4.90 Å². The van der Waals surface area contributed by atoms with Crippen molar-refractivity contribution in [1.82, 2.24) is 4.90 Å². The molecule has 1 saturated heterocycles. The largest absolute Gasteiger partial charge is 0.411 e. The van der Waals surface area contributed by atoms with Crippen molar-refractivity contribution in [2.75, 3.05) is 26.3 Å². The number of carbonyl (C=O) groups excluding carboxylic acids is 1. The lowest BCUT2D eigenvalue weighted by Gasteiger charge is -2.38. The molecule has 0 aromatic rings. The minimum atomic E-state index is -4.34. The number of amides is 1. The highest BCUT2D eigenvalue weighted by Gasteiger charge is 2.30. The summed E-state index contributed by atoms with van der Waals surface area (Å²) in [5.74, 6) is 0.351. The van der Waals surface area contributed by atoms with Crippen LogP contribution in [0.25, 0.3) is 0 Å². The van der Waals surface area contributed by atoms with Crippen molar-refractivity contribution in [2.45, 2.75) is 38.4 Å². The van der Waals surface area contributed by atoms with E-state index in [1.807, 2.05) is 0 Å². The Labute approximate surface area is 111 Å². The van der Waals surface area contributed by atoms with Crippen molar-refractivity contribution in [3.8, 4) is 0 Å². The molecule has 1 aliphatic rings. The molecule has 0 radical (unpaired) electrons. The Hall–Kier alpha value is -0.820. The van der Waals surface area contributed by atoms with Crippen molar-refractivity contribution in [1.29, 1.82) is 0 Å². The van der Waals surface area contributed by atoms with Crippen LogP contribution in [0.3, 0.4) is 0 Å². The number of hydrogen-bond donors (Lipinski definition) is 1. The highest BCUT2D eigenvalue weighted by atomic mass is 19.4. The molecule has 112 valence electrons. The standard InChI is InChI=1S/C12H21F3N2O2/c1-9-2-4-17(10(6-9)7-16)11(18)3-5-19-8-12(13,14)15/h9-10H,2-8,16H2,1H3. The molecule has 1 aliphatic heterocycles. The summed E-state index contributed by atoms with van der Waals surface area (Å²) >= 11 is 0. The molecule has 1 rings (SSSR count). The molecule has 4 nitrogen and oxygen atoms in total. The van der Waals surface area contributed by atoms with Gasteiger partial charge in [-0.1, -0.05) is 6.92 Å². The second-order valence-corrected chi connectivity index (χ2v) is 5.02. The Morgan fingerprint density at radius 3 is 2.74 bits per heavy atom. The Morgan fingerprint density at radius 2 is 2.16 bits per heavy atom. The van der Waals surface area contributed by atoms with Crippen LogP contribution in [0, 0.1) is 5.92 Å². The molecular formula is C12H21F3N2O2. The number of ether oxygens (including phenoxy) is 1. The Kier molecular flexibility index (Phi) is 6.06. The third kappa shape index (κ3) is 5.78. The quantitative estimate of drug-likeness (QED) is 0.778. The first-order valence-corrected chi connectivity index (χ1v) is 6.47.